The Morgan fingerprint density at radius 3 is 1.94 bits per heavy atom. The molecule has 5 aromatic rings. The van der Waals surface area contributed by atoms with E-state index in [2.05, 4.69) is 129 Å². The van der Waals surface area contributed by atoms with Gasteiger partial charge >= 0.3 is 0 Å². The van der Waals surface area contributed by atoms with Crippen LogP contribution in [-0.2, 0) is 0 Å². The van der Waals surface area contributed by atoms with Crippen LogP contribution in [0.3, 0.4) is 0 Å². The standard InChI is InChI=1S/C33H26/c1-22-15-16-26(19-23(22)2)27-17-18-31-32(21-27)29-13-6-7-14-30(29)33(31)28-12-8-11-25(20-28)24-9-4-3-5-10-24/h3-21,33H,1-2H3. The molecule has 33 heavy (non-hydrogen) atoms. The first-order valence-electron chi connectivity index (χ1n) is 11.7. The summed E-state index contributed by atoms with van der Waals surface area (Å²) >= 11 is 0. The fourth-order valence-electron chi connectivity index (χ4n) is 5.19. The zero-order chi connectivity index (χ0) is 22.4. The topological polar surface area (TPSA) is 0 Å². The van der Waals surface area contributed by atoms with Crippen LogP contribution in [0.25, 0.3) is 33.4 Å². The number of fused-ring (bicyclic) bond motifs is 3. The molecule has 1 aliphatic carbocycles. The minimum Gasteiger partial charge on any atom is -0.0622 e. The van der Waals surface area contributed by atoms with Gasteiger partial charge in [0.2, 0.25) is 0 Å². The lowest BCUT2D eigenvalue weighted by atomic mass is 9.87. The van der Waals surface area contributed by atoms with Crippen LogP contribution < -0.4 is 0 Å². The van der Waals surface area contributed by atoms with E-state index in [4.69, 9.17) is 0 Å². The molecule has 0 aromatic heterocycles. The summed E-state index contributed by atoms with van der Waals surface area (Å²) in [7, 11) is 0. The first-order valence-corrected chi connectivity index (χ1v) is 11.7. The highest BCUT2D eigenvalue weighted by Gasteiger charge is 2.30. The van der Waals surface area contributed by atoms with Gasteiger partial charge in [-0.1, -0.05) is 109 Å². The van der Waals surface area contributed by atoms with E-state index in [1.165, 1.54) is 61.2 Å². The van der Waals surface area contributed by atoms with Crippen LogP contribution in [0.2, 0.25) is 0 Å². The van der Waals surface area contributed by atoms with E-state index in [0.29, 0.717) is 0 Å². The summed E-state index contributed by atoms with van der Waals surface area (Å²) in [5, 5.41) is 0. The number of aryl methyl sites for hydroxylation is 2. The lowest BCUT2D eigenvalue weighted by Gasteiger charge is -2.16. The first kappa shape index (κ1) is 19.8. The summed E-state index contributed by atoms with van der Waals surface area (Å²) in [6.07, 6.45) is 0. The van der Waals surface area contributed by atoms with Crippen LogP contribution in [0.15, 0.2) is 115 Å². The molecule has 0 nitrogen and oxygen atoms in total. The molecule has 1 aliphatic rings. The normalized spacial score (nSPS) is 14.1. The van der Waals surface area contributed by atoms with Gasteiger partial charge in [-0.2, -0.15) is 0 Å². The van der Waals surface area contributed by atoms with Gasteiger partial charge in [-0.05, 0) is 81.1 Å². The third-order valence-electron chi connectivity index (χ3n) is 7.09. The second-order valence-corrected chi connectivity index (χ2v) is 9.11. The molecule has 1 unspecified atom stereocenters. The number of hydrogen-bond acceptors (Lipinski definition) is 0. The Bertz CT molecular complexity index is 1470. The monoisotopic (exact) mass is 422 g/mol. The smallest absolute Gasteiger partial charge is 0.0352 e. The van der Waals surface area contributed by atoms with Crippen molar-refractivity contribution in [3.8, 4) is 33.4 Å². The number of rotatable bonds is 3. The maximum absolute atomic E-state index is 2.39. The van der Waals surface area contributed by atoms with Crippen molar-refractivity contribution < 1.29 is 0 Å². The van der Waals surface area contributed by atoms with Crippen LogP contribution >= 0.6 is 0 Å². The maximum Gasteiger partial charge on any atom is 0.0352 e. The average molecular weight is 423 g/mol. The summed E-state index contributed by atoms with van der Waals surface area (Å²) < 4.78 is 0. The molecule has 0 aliphatic heterocycles. The van der Waals surface area contributed by atoms with Crippen LogP contribution in [-0.4, -0.2) is 0 Å². The quantitative estimate of drug-likeness (QED) is 0.267. The predicted molar refractivity (Wildman–Crippen MR) is 140 cm³/mol. The molecular formula is C33H26. The maximum atomic E-state index is 2.39. The van der Waals surface area contributed by atoms with Gasteiger partial charge in [-0.25, -0.2) is 0 Å². The Morgan fingerprint density at radius 1 is 0.424 bits per heavy atom. The molecule has 0 saturated carbocycles. The fourth-order valence-corrected chi connectivity index (χ4v) is 5.19. The zero-order valence-corrected chi connectivity index (χ0v) is 19.0. The summed E-state index contributed by atoms with van der Waals surface area (Å²) in [5.74, 6) is 0.258. The van der Waals surface area contributed by atoms with E-state index in [1.54, 1.807) is 0 Å². The van der Waals surface area contributed by atoms with Gasteiger partial charge in [0.15, 0.2) is 0 Å². The number of benzene rings is 5. The highest BCUT2D eigenvalue weighted by Crippen LogP contribution is 2.49. The van der Waals surface area contributed by atoms with Crippen LogP contribution in [0.4, 0.5) is 0 Å². The Morgan fingerprint density at radius 2 is 1.09 bits per heavy atom. The van der Waals surface area contributed by atoms with E-state index in [9.17, 15) is 0 Å². The van der Waals surface area contributed by atoms with Crippen molar-refractivity contribution in [2.75, 3.05) is 0 Å². The van der Waals surface area contributed by atoms with Gasteiger partial charge in [0.25, 0.3) is 0 Å². The van der Waals surface area contributed by atoms with Crippen molar-refractivity contribution in [2.24, 2.45) is 0 Å². The van der Waals surface area contributed by atoms with Crippen molar-refractivity contribution in [1.29, 1.82) is 0 Å². The third-order valence-corrected chi connectivity index (χ3v) is 7.09. The molecule has 158 valence electrons. The van der Waals surface area contributed by atoms with Crippen molar-refractivity contribution in [1.82, 2.24) is 0 Å². The SMILES string of the molecule is Cc1ccc(-c2ccc3c(c2)-c2ccccc2C3c2cccc(-c3ccccc3)c2)cc1C. The van der Waals surface area contributed by atoms with Crippen LogP contribution in [0.5, 0.6) is 0 Å². The Kier molecular flexibility index (Phi) is 4.73. The second kappa shape index (κ2) is 7.90. The van der Waals surface area contributed by atoms with Gasteiger partial charge < -0.3 is 0 Å². The molecule has 6 rings (SSSR count). The molecule has 0 bridgehead atoms. The number of hydrogen-bond donors (Lipinski definition) is 0. The summed E-state index contributed by atoms with van der Waals surface area (Å²) in [5.41, 5.74) is 14.6. The van der Waals surface area contributed by atoms with Crippen molar-refractivity contribution >= 4 is 0 Å². The first-order chi connectivity index (χ1) is 16.2. The molecule has 0 heterocycles. The summed E-state index contributed by atoms with van der Waals surface area (Å²) in [6, 6.07) is 42.4. The van der Waals surface area contributed by atoms with Crippen LogP contribution in [0.1, 0.15) is 33.7 Å². The average Bonchev–Trinajstić information content (AvgIpc) is 3.20. The van der Waals surface area contributed by atoms with E-state index >= 15 is 0 Å². The van der Waals surface area contributed by atoms with Crippen molar-refractivity contribution in [3.63, 3.8) is 0 Å². The molecule has 0 spiro atoms. The Labute approximate surface area is 196 Å². The summed E-state index contributed by atoms with van der Waals surface area (Å²) in [4.78, 5) is 0. The highest BCUT2D eigenvalue weighted by atomic mass is 14.3. The Hall–Kier alpha value is -3.90. The van der Waals surface area contributed by atoms with Gasteiger partial charge in [-0.3, -0.25) is 0 Å². The van der Waals surface area contributed by atoms with E-state index in [0.717, 1.165) is 0 Å². The molecular weight excluding hydrogens is 396 g/mol. The van der Waals surface area contributed by atoms with Gasteiger partial charge in [-0.15, -0.1) is 0 Å². The lowest BCUT2D eigenvalue weighted by molar-refractivity contribution is 1.02. The third kappa shape index (κ3) is 3.39. The molecule has 0 saturated heterocycles. The van der Waals surface area contributed by atoms with Crippen molar-refractivity contribution in [3.05, 3.63) is 143 Å². The van der Waals surface area contributed by atoms with Gasteiger partial charge in [0.05, 0.1) is 0 Å². The van der Waals surface area contributed by atoms with E-state index in [-0.39, 0.29) is 5.92 Å². The fraction of sp³-hybridized carbons (Fsp3) is 0.0909. The van der Waals surface area contributed by atoms with Gasteiger partial charge in [0, 0.05) is 5.92 Å². The summed E-state index contributed by atoms with van der Waals surface area (Å²) in [6.45, 7) is 4.36. The lowest BCUT2D eigenvalue weighted by Crippen LogP contribution is -1.99. The molecule has 0 heteroatoms. The Balaban J connectivity index is 1.49. The minimum atomic E-state index is 0.258. The predicted octanol–water partition coefficient (Wildman–Crippen LogP) is 8.80. The molecule has 0 radical (unpaired) electrons. The van der Waals surface area contributed by atoms with Gasteiger partial charge in [0.1, 0.15) is 0 Å². The molecule has 0 N–H and O–H groups in total. The molecule has 5 aromatic carbocycles. The van der Waals surface area contributed by atoms with E-state index < -0.39 is 0 Å². The molecule has 0 fully saturated rings. The largest absolute Gasteiger partial charge is 0.0622 e. The van der Waals surface area contributed by atoms with Crippen molar-refractivity contribution in [2.45, 2.75) is 19.8 Å². The zero-order valence-electron chi connectivity index (χ0n) is 19.0. The molecule has 1 atom stereocenters. The second-order valence-electron chi connectivity index (χ2n) is 9.11. The minimum absolute atomic E-state index is 0.258. The van der Waals surface area contributed by atoms with Crippen LogP contribution in [0, 0.1) is 13.8 Å². The van der Waals surface area contributed by atoms with E-state index in [1.807, 2.05) is 0 Å². The highest BCUT2D eigenvalue weighted by molar-refractivity contribution is 5.85. The molecule has 0 amide bonds.